The Balaban J connectivity index is 1.48. The van der Waals surface area contributed by atoms with Crippen LogP contribution >= 0.6 is 0 Å². The summed E-state index contributed by atoms with van der Waals surface area (Å²) in [6.45, 7) is 1.28. The molecule has 2 saturated carbocycles. The SMILES string of the molecule is NC1C2CCCC1CC(C(=O)NCCn1cncn1)C2. The zero-order valence-corrected chi connectivity index (χ0v) is 11.7. The Morgan fingerprint density at radius 1 is 1.35 bits per heavy atom. The first-order valence-corrected chi connectivity index (χ1v) is 7.59. The van der Waals surface area contributed by atoms with Gasteiger partial charge in [0, 0.05) is 18.5 Å². The van der Waals surface area contributed by atoms with E-state index in [0.29, 0.717) is 31.0 Å². The van der Waals surface area contributed by atoms with Crippen molar-refractivity contribution in [3.05, 3.63) is 12.7 Å². The highest BCUT2D eigenvalue weighted by Crippen LogP contribution is 2.41. The van der Waals surface area contributed by atoms with Crippen LogP contribution < -0.4 is 11.1 Å². The van der Waals surface area contributed by atoms with Gasteiger partial charge in [0.25, 0.3) is 0 Å². The molecule has 2 aliphatic carbocycles. The molecule has 1 aromatic rings. The van der Waals surface area contributed by atoms with E-state index in [9.17, 15) is 4.79 Å². The maximum Gasteiger partial charge on any atom is 0.223 e. The van der Waals surface area contributed by atoms with E-state index >= 15 is 0 Å². The van der Waals surface area contributed by atoms with Gasteiger partial charge >= 0.3 is 0 Å². The summed E-state index contributed by atoms with van der Waals surface area (Å²) >= 11 is 0. The minimum atomic E-state index is 0.154. The Labute approximate surface area is 119 Å². The predicted octanol–water partition coefficient (Wildman–Crippen LogP) is 0.548. The third-order valence-corrected chi connectivity index (χ3v) is 4.89. The molecule has 6 heteroatoms. The smallest absolute Gasteiger partial charge is 0.223 e. The van der Waals surface area contributed by atoms with E-state index in [-0.39, 0.29) is 11.8 Å². The normalized spacial score (nSPS) is 32.9. The number of carbonyl (C=O) groups excluding carboxylic acids is 1. The van der Waals surface area contributed by atoms with Crippen molar-refractivity contribution in [2.75, 3.05) is 6.54 Å². The summed E-state index contributed by atoms with van der Waals surface area (Å²) in [5.74, 6) is 1.44. The predicted molar refractivity (Wildman–Crippen MR) is 74.6 cm³/mol. The molecule has 20 heavy (non-hydrogen) atoms. The van der Waals surface area contributed by atoms with Crippen molar-refractivity contribution in [1.82, 2.24) is 20.1 Å². The second-order valence-electron chi connectivity index (χ2n) is 6.15. The first-order valence-electron chi connectivity index (χ1n) is 7.59. The lowest BCUT2D eigenvalue weighted by atomic mass is 9.65. The lowest BCUT2D eigenvalue weighted by Gasteiger charge is -2.43. The van der Waals surface area contributed by atoms with E-state index in [0.717, 1.165) is 12.8 Å². The molecule has 2 aliphatic rings. The summed E-state index contributed by atoms with van der Waals surface area (Å²) in [5, 5.41) is 7.05. The van der Waals surface area contributed by atoms with Crippen LogP contribution in [-0.4, -0.2) is 33.3 Å². The van der Waals surface area contributed by atoms with Crippen molar-refractivity contribution in [2.24, 2.45) is 23.5 Å². The lowest BCUT2D eigenvalue weighted by Crippen LogP contribution is -2.49. The first kappa shape index (κ1) is 13.5. The van der Waals surface area contributed by atoms with Crippen LogP contribution in [0.15, 0.2) is 12.7 Å². The van der Waals surface area contributed by atoms with Gasteiger partial charge in [-0.05, 0) is 37.5 Å². The molecule has 1 aromatic heterocycles. The van der Waals surface area contributed by atoms with Gasteiger partial charge < -0.3 is 11.1 Å². The maximum absolute atomic E-state index is 12.3. The third-order valence-electron chi connectivity index (χ3n) is 4.89. The number of nitrogens with zero attached hydrogens (tertiary/aromatic N) is 3. The summed E-state index contributed by atoms with van der Waals surface area (Å²) < 4.78 is 1.73. The average Bonchev–Trinajstić information content (AvgIpc) is 2.91. The van der Waals surface area contributed by atoms with Crippen molar-refractivity contribution >= 4 is 5.91 Å². The summed E-state index contributed by atoms with van der Waals surface area (Å²) in [7, 11) is 0. The van der Waals surface area contributed by atoms with Crippen LogP contribution in [-0.2, 0) is 11.3 Å². The number of hydrogen-bond donors (Lipinski definition) is 2. The van der Waals surface area contributed by atoms with Gasteiger partial charge in [-0.3, -0.25) is 9.48 Å². The summed E-state index contributed by atoms with van der Waals surface area (Å²) in [5.41, 5.74) is 6.26. The number of nitrogens with one attached hydrogen (secondary N) is 1. The molecule has 0 aromatic carbocycles. The molecule has 110 valence electrons. The van der Waals surface area contributed by atoms with E-state index in [4.69, 9.17) is 5.73 Å². The monoisotopic (exact) mass is 277 g/mol. The Morgan fingerprint density at radius 2 is 2.10 bits per heavy atom. The van der Waals surface area contributed by atoms with Gasteiger partial charge in [0.1, 0.15) is 12.7 Å². The quantitative estimate of drug-likeness (QED) is 0.841. The van der Waals surface area contributed by atoms with Gasteiger partial charge in [-0.2, -0.15) is 5.10 Å². The fraction of sp³-hybridized carbons (Fsp3) is 0.786. The summed E-state index contributed by atoms with van der Waals surface area (Å²) in [6, 6.07) is 0.322. The van der Waals surface area contributed by atoms with Crippen LogP contribution in [0.25, 0.3) is 0 Å². The highest BCUT2D eigenvalue weighted by molar-refractivity contribution is 5.78. The van der Waals surface area contributed by atoms with E-state index in [2.05, 4.69) is 15.4 Å². The first-order chi connectivity index (χ1) is 9.74. The zero-order chi connectivity index (χ0) is 13.9. The minimum absolute atomic E-state index is 0.154. The maximum atomic E-state index is 12.3. The molecule has 3 N–H and O–H groups in total. The van der Waals surface area contributed by atoms with Crippen molar-refractivity contribution in [3.63, 3.8) is 0 Å². The molecule has 6 nitrogen and oxygen atoms in total. The topological polar surface area (TPSA) is 85.8 Å². The van der Waals surface area contributed by atoms with Crippen LogP contribution in [0.1, 0.15) is 32.1 Å². The Kier molecular flexibility index (Phi) is 4.00. The van der Waals surface area contributed by atoms with Gasteiger partial charge in [0.2, 0.25) is 5.91 Å². The van der Waals surface area contributed by atoms with Gasteiger partial charge in [-0.25, -0.2) is 4.98 Å². The molecule has 0 radical (unpaired) electrons. The number of nitrogens with two attached hydrogens (primary N) is 1. The highest BCUT2D eigenvalue weighted by atomic mass is 16.1. The highest BCUT2D eigenvalue weighted by Gasteiger charge is 2.40. The standard InChI is InChI=1S/C14H23N5O/c15-13-10-2-1-3-11(13)7-12(6-10)14(20)17-4-5-19-9-16-8-18-19/h8-13H,1-7,15H2,(H,17,20). The molecule has 0 spiro atoms. The van der Waals surface area contributed by atoms with Gasteiger partial charge in [-0.1, -0.05) is 6.42 Å². The van der Waals surface area contributed by atoms with Crippen LogP contribution in [0.3, 0.4) is 0 Å². The van der Waals surface area contributed by atoms with Crippen molar-refractivity contribution in [3.8, 4) is 0 Å². The molecule has 0 aliphatic heterocycles. The number of fused-ring (bicyclic) bond motifs is 2. The third kappa shape index (κ3) is 2.85. The number of carbonyl (C=O) groups is 1. The number of rotatable bonds is 4. The Morgan fingerprint density at radius 3 is 2.75 bits per heavy atom. The van der Waals surface area contributed by atoms with Gasteiger partial charge in [0.05, 0.1) is 6.54 Å². The second kappa shape index (κ2) is 5.91. The average molecular weight is 277 g/mol. The molecular weight excluding hydrogens is 254 g/mol. The van der Waals surface area contributed by atoms with Gasteiger partial charge in [-0.15, -0.1) is 0 Å². The van der Waals surface area contributed by atoms with Crippen molar-refractivity contribution in [2.45, 2.75) is 44.7 Å². The lowest BCUT2D eigenvalue weighted by molar-refractivity contribution is -0.127. The van der Waals surface area contributed by atoms with Crippen LogP contribution in [0.5, 0.6) is 0 Å². The molecule has 2 bridgehead atoms. The van der Waals surface area contributed by atoms with Crippen LogP contribution in [0, 0.1) is 17.8 Å². The molecule has 2 atom stereocenters. The molecule has 1 amide bonds. The van der Waals surface area contributed by atoms with E-state index in [1.165, 1.54) is 25.6 Å². The Hall–Kier alpha value is -1.43. The minimum Gasteiger partial charge on any atom is -0.354 e. The molecule has 1 heterocycles. The summed E-state index contributed by atoms with van der Waals surface area (Å²) in [4.78, 5) is 16.1. The fourth-order valence-electron chi connectivity index (χ4n) is 3.79. The largest absolute Gasteiger partial charge is 0.354 e. The number of aromatic nitrogens is 3. The fourth-order valence-corrected chi connectivity index (χ4v) is 3.79. The molecule has 0 saturated heterocycles. The molecule has 3 rings (SSSR count). The summed E-state index contributed by atoms with van der Waals surface area (Å²) in [6.07, 6.45) is 8.77. The van der Waals surface area contributed by atoms with E-state index in [1.54, 1.807) is 11.0 Å². The molecule has 2 fully saturated rings. The van der Waals surface area contributed by atoms with Crippen molar-refractivity contribution < 1.29 is 4.79 Å². The Bertz CT molecular complexity index is 432. The second-order valence-corrected chi connectivity index (χ2v) is 6.15. The van der Waals surface area contributed by atoms with E-state index in [1.807, 2.05) is 0 Å². The molecule has 2 unspecified atom stereocenters. The van der Waals surface area contributed by atoms with E-state index < -0.39 is 0 Å². The van der Waals surface area contributed by atoms with Crippen molar-refractivity contribution in [1.29, 1.82) is 0 Å². The molecular formula is C14H23N5O. The van der Waals surface area contributed by atoms with Crippen LogP contribution in [0.4, 0.5) is 0 Å². The number of hydrogen-bond acceptors (Lipinski definition) is 4. The zero-order valence-electron chi connectivity index (χ0n) is 11.7. The van der Waals surface area contributed by atoms with Gasteiger partial charge in [0.15, 0.2) is 0 Å². The van der Waals surface area contributed by atoms with Crippen LogP contribution in [0.2, 0.25) is 0 Å². The number of amides is 1.